The minimum atomic E-state index is -0.999. The van der Waals surface area contributed by atoms with Gasteiger partial charge in [0.15, 0.2) is 0 Å². The summed E-state index contributed by atoms with van der Waals surface area (Å²) >= 11 is 0. The molecule has 0 saturated carbocycles. The Kier molecular flexibility index (Phi) is 6.93. The predicted molar refractivity (Wildman–Crippen MR) is 110 cm³/mol. The smallest absolute Gasteiger partial charge is 0.242 e. The van der Waals surface area contributed by atoms with Crippen LogP contribution < -0.4 is 16.0 Å². The summed E-state index contributed by atoms with van der Waals surface area (Å²) in [4.78, 5) is 20.3. The van der Waals surface area contributed by atoms with E-state index in [0.717, 1.165) is 0 Å². The molecule has 0 spiro atoms. The molecule has 0 bridgehead atoms. The van der Waals surface area contributed by atoms with Gasteiger partial charge in [-0.05, 0) is 19.9 Å². The van der Waals surface area contributed by atoms with Crippen molar-refractivity contribution < 1.29 is 23.1 Å². The number of nitrogens with one attached hydrogen (secondary N) is 3. The standard InChI is InChI=1S/C20H22F3N7O2/c1-20(2,11-31)29-18(32)10-30-9-13(7-26-30)27-19-24-4-3-17(28-19)25-8-14-15(22)5-12(21)6-16(14)23/h3-7,9,31H,8,10-11H2,1-2H3,(H,29,32)(H2,24,25,27,28). The minimum Gasteiger partial charge on any atom is -0.394 e. The van der Waals surface area contributed by atoms with E-state index in [2.05, 4.69) is 31.0 Å². The molecule has 2 aromatic heterocycles. The Morgan fingerprint density at radius 3 is 2.62 bits per heavy atom. The number of halogens is 3. The van der Waals surface area contributed by atoms with Crippen LogP contribution in [-0.2, 0) is 17.9 Å². The van der Waals surface area contributed by atoms with Gasteiger partial charge in [0.25, 0.3) is 0 Å². The third-order valence-electron chi connectivity index (χ3n) is 4.28. The van der Waals surface area contributed by atoms with Crippen LogP contribution in [0.25, 0.3) is 0 Å². The summed E-state index contributed by atoms with van der Waals surface area (Å²) in [6, 6.07) is 2.71. The van der Waals surface area contributed by atoms with Crippen molar-refractivity contribution in [2.24, 2.45) is 0 Å². The van der Waals surface area contributed by atoms with Gasteiger partial charge in [0.05, 0.1) is 24.0 Å². The summed E-state index contributed by atoms with van der Waals surface area (Å²) in [5, 5.41) is 21.7. The number of anilines is 3. The SMILES string of the molecule is CC(C)(CO)NC(=O)Cn1cc(Nc2nccc(NCc3c(F)cc(F)cc3F)n2)cn1. The molecule has 0 fully saturated rings. The summed E-state index contributed by atoms with van der Waals surface area (Å²) in [7, 11) is 0. The Morgan fingerprint density at radius 1 is 1.22 bits per heavy atom. The molecule has 4 N–H and O–H groups in total. The van der Waals surface area contributed by atoms with E-state index in [1.165, 1.54) is 23.1 Å². The number of carbonyl (C=O) groups is 1. The second-order valence-corrected chi connectivity index (χ2v) is 7.61. The topological polar surface area (TPSA) is 117 Å². The molecule has 1 aromatic carbocycles. The van der Waals surface area contributed by atoms with E-state index < -0.39 is 23.0 Å². The number of aliphatic hydroxyl groups is 1. The zero-order chi connectivity index (χ0) is 23.3. The molecule has 0 radical (unpaired) electrons. The average molecular weight is 449 g/mol. The maximum Gasteiger partial charge on any atom is 0.242 e. The number of amides is 1. The fourth-order valence-electron chi connectivity index (χ4n) is 2.68. The number of hydrogen-bond acceptors (Lipinski definition) is 7. The first-order valence-corrected chi connectivity index (χ1v) is 9.57. The van der Waals surface area contributed by atoms with E-state index in [1.54, 1.807) is 20.0 Å². The van der Waals surface area contributed by atoms with Crippen LogP contribution in [0, 0.1) is 17.5 Å². The molecule has 2 heterocycles. The third kappa shape index (κ3) is 6.17. The van der Waals surface area contributed by atoms with E-state index in [1.807, 2.05) is 0 Å². The van der Waals surface area contributed by atoms with Crippen molar-refractivity contribution in [2.45, 2.75) is 32.5 Å². The number of rotatable bonds is 9. The van der Waals surface area contributed by atoms with E-state index >= 15 is 0 Å². The van der Waals surface area contributed by atoms with Crippen molar-refractivity contribution >= 4 is 23.4 Å². The minimum absolute atomic E-state index is 0.0532. The van der Waals surface area contributed by atoms with Gasteiger partial charge in [-0.25, -0.2) is 18.2 Å². The van der Waals surface area contributed by atoms with Crippen molar-refractivity contribution in [3.05, 3.63) is 59.8 Å². The molecule has 170 valence electrons. The molecule has 1 amide bonds. The first-order valence-electron chi connectivity index (χ1n) is 9.57. The molecule has 0 aliphatic carbocycles. The van der Waals surface area contributed by atoms with Gasteiger partial charge in [0.2, 0.25) is 11.9 Å². The predicted octanol–water partition coefficient (Wildman–Crippen LogP) is 2.33. The van der Waals surface area contributed by atoms with Crippen LogP contribution in [-0.4, -0.2) is 42.9 Å². The monoisotopic (exact) mass is 449 g/mol. The highest BCUT2D eigenvalue weighted by molar-refractivity contribution is 5.76. The second kappa shape index (κ2) is 9.64. The highest BCUT2D eigenvalue weighted by Gasteiger charge is 2.19. The number of nitrogens with zero attached hydrogens (tertiary/aromatic N) is 4. The van der Waals surface area contributed by atoms with Crippen LogP contribution in [0.15, 0.2) is 36.8 Å². The van der Waals surface area contributed by atoms with Crippen LogP contribution >= 0.6 is 0 Å². The number of carbonyl (C=O) groups excluding carboxylic acids is 1. The lowest BCUT2D eigenvalue weighted by molar-refractivity contribution is -0.123. The lowest BCUT2D eigenvalue weighted by Gasteiger charge is -2.23. The van der Waals surface area contributed by atoms with Crippen LogP contribution in [0.4, 0.5) is 30.6 Å². The summed E-state index contributed by atoms with van der Waals surface area (Å²) in [6.07, 6.45) is 4.47. The van der Waals surface area contributed by atoms with Gasteiger partial charge in [0, 0.05) is 36.6 Å². The molecular formula is C20H22F3N7O2. The van der Waals surface area contributed by atoms with E-state index in [-0.39, 0.29) is 42.9 Å². The molecule has 3 aromatic rings. The lowest BCUT2D eigenvalue weighted by atomic mass is 10.1. The van der Waals surface area contributed by atoms with Crippen LogP contribution in [0.1, 0.15) is 19.4 Å². The van der Waals surface area contributed by atoms with E-state index in [0.29, 0.717) is 17.8 Å². The molecule has 0 unspecified atom stereocenters. The van der Waals surface area contributed by atoms with E-state index in [4.69, 9.17) is 0 Å². The Morgan fingerprint density at radius 2 is 1.94 bits per heavy atom. The molecule has 0 saturated heterocycles. The molecule has 0 atom stereocenters. The Balaban J connectivity index is 1.60. The summed E-state index contributed by atoms with van der Waals surface area (Å²) in [6.45, 7) is 2.89. The fourth-order valence-corrected chi connectivity index (χ4v) is 2.68. The normalized spacial score (nSPS) is 11.3. The van der Waals surface area contributed by atoms with Gasteiger partial charge >= 0.3 is 0 Å². The highest BCUT2D eigenvalue weighted by Crippen LogP contribution is 2.18. The Bertz CT molecular complexity index is 1080. The van der Waals surface area contributed by atoms with Crippen molar-refractivity contribution in [3.63, 3.8) is 0 Å². The van der Waals surface area contributed by atoms with Crippen LogP contribution in [0.3, 0.4) is 0 Å². The second-order valence-electron chi connectivity index (χ2n) is 7.61. The zero-order valence-corrected chi connectivity index (χ0v) is 17.4. The van der Waals surface area contributed by atoms with Crippen molar-refractivity contribution in [1.29, 1.82) is 0 Å². The molecular weight excluding hydrogens is 427 g/mol. The van der Waals surface area contributed by atoms with Gasteiger partial charge in [-0.3, -0.25) is 9.48 Å². The van der Waals surface area contributed by atoms with Crippen molar-refractivity contribution in [1.82, 2.24) is 25.1 Å². The lowest BCUT2D eigenvalue weighted by Crippen LogP contribution is -2.47. The zero-order valence-electron chi connectivity index (χ0n) is 17.4. The summed E-state index contributed by atoms with van der Waals surface area (Å²) in [5.41, 5.74) is -0.553. The average Bonchev–Trinajstić information content (AvgIpc) is 3.13. The van der Waals surface area contributed by atoms with Gasteiger partial charge in [-0.15, -0.1) is 0 Å². The maximum atomic E-state index is 13.8. The van der Waals surface area contributed by atoms with Crippen molar-refractivity contribution in [3.8, 4) is 0 Å². The number of aromatic nitrogens is 4. The van der Waals surface area contributed by atoms with Crippen molar-refractivity contribution in [2.75, 3.05) is 17.2 Å². The number of benzene rings is 1. The molecule has 9 nitrogen and oxygen atoms in total. The number of aliphatic hydroxyl groups excluding tert-OH is 1. The first kappa shape index (κ1) is 23.0. The van der Waals surface area contributed by atoms with Gasteiger partial charge in [0.1, 0.15) is 29.8 Å². The van der Waals surface area contributed by atoms with Gasteiger partial charge in [-0.2, -0.15) is 10.1 Å². The first-order chi connectivity index (χ1) is 15.1. The Hall–Kier alpha value is -3.67. The summed E-state index contributed by atoms with van der Waals surface area (Å²) in [5.74, 6) is -2.85. The molecule has 32 heavy (non-hydrogen) atoms. The summed E-state index contributed by atoms with van der Waals surface area (Å²) < 4.78 is 42.0. The molecule has 12 heteroatoms. The Labute approximate surface area is 181 Å². The number of hydrogen-bond donors (Lipinski definition) is 4. The van der Waals surface area contributed by atoms with Crippen LogP contribution in [0.2, 0.25) is 0 Å². The molecule has 0 aliphatic rings. The highest BCUT2D eigenvalue weighted by atomic mass is 19.1. The molecule has 0 aliphatic heterocycles. The largest absolute Gasteiger partial charge is 0.394 e. The van der Waals surface area contributed by atoms with Gasteiger partial charge < -0.3 is 21.1 Å². The molecule has 3 rings (SSSR count). The van der Waals surface area contributed by atoms with E-state index in [9.17, 15) is 23.1 Å². The van der Waals surface area contributed by atoms with Crippen LogP contribution in [0.5, 0.6) is 0 Å². The third-order valence-corrected chi connectivity index (χ3v) is 4.28. The van der Waals surface area contributed by atoms with Gasteiger partial charge in [-0.1, -0.05) is 0 Å². The quantitative estimate of drug-likeness (QED) is 0.396. The maximum absolute atomic E-state index is 13.8. The fraction of sp³-hybridized carbons (Fsp3) is 0.300.